The summed E-state index contributed by atoms with van der Waals surface area (Å²) in [6.45, 7) is 2.07. The van der Waals surface area contributed by atoms with Crippen LogP contribution in [-0.4, -0.2) is 38.5 Å². The molecule has 0 saturated heterocycles. The van der Waals surface area contributed by atoms with Gasteiger partial charge in [-0.3, -0.25) is 4.79 Å². The molecule has 0 radical (unpaired) electrons. The largest absolute Gasteiger partial charge is 0.478 e. The number of pyridine rings is 1. The third-order valence-electron chi connectivity index (χ3n) is 2.98. The highest BCUT2D eigenvalue weighted by atomic mass is 16.4. The number of hydrogen-bond acceptors (Lipinski definition) is 4. The lowest BCUT2D eigenvalue weighted by Crippen LogP contribution is -2.26. The van der Waals surface area contributed by atoms with Gasteiger partial charge in [-0.2, -0.15) is 0 Å². The van der Waals surface area contributed by atoms with Crippen LogP contribution in [0, 0.1) is 6.92 Å². The Morgan fingerprint density at radius 1 is 1.38 bits per heavy atom. The van der Waals surface area contributed by atoms with Gasteiger partial charge in [0.1, 0.15) is 11.5 Å². The summed E-state index contributed by atoms with van der Waals surface area (Å²) in [6, 6.07) is 2.81. The fourth-order valence-electron chi connectivity index (χ4n) is 1.90. The Balaban J connectivity index is 1.85. The minimum atomic E-state index is -1.05. The van der Waals surface area contributed by atoms with Crippen LogP contribution in [0.15, 0.2) is 24.5 Å². The molecule has 2 heterocycles. The Kier molecular flexibility index (Phi) is 4.65. The lowest BCUT2D eigenvalue weighted by Gasteiger charge is -2.06. The van der Waals surface area contributed by atoms with Gasteiger partial charge in [0.2, 0.25) is 0 Å². The van der Waals surface area contributed by atoms with Gasteiger partial charge in [0, 0.05) is 25.4 Å². The van der Waals surface area contributed by atoms with Gasteiger partial charge in [0.15, 0.2) is 0 Å². The summed E-state index contributed by atoms with van der Waals surface area (Å²) in [6.07, 6.45) is 4.94. The average molecular weight is 288 g/mol. The first-order valence-electron chi connectivity index (χ1n) is 6.55. The number of H-pyrrole nitrogens is 1. The average Bonchev–Trinajstić information content (AvgIpc) is 2.96. The number of hydrogen-bond donors (Lipinski definition) is 3. The zero-order chi connectivity index (χ0) is 15.2. The summed E-state index contributed by atoms with van der Waals surface area (Å²) in [5.41, 5.74) is 0.644. The molecule has 0 unspecified atom stereocenters. The Hall–Kier alpha value is -2.70. The number of aromatic amines is 1. The van der Waals surface area contributed by atoms with Crippen LogP contribution in [0.3, 0.4) is 0 Å². The Morgan fingerprint density at radius 2 is 2.19 bits per heavy atom. The fraction of sp³-hybridized carbons (Fsp3) is 0.286. The Morgan fingerprint density at radius 3 is 2.81 bits per heavy atom. The van der Waals surface area contributed by atoms with Crippen molar-refractivity contribution in [2.45, 2.75) is 19.8 Å². The van der Waals surface area contributed by atoms with Crippen LogP contribution in [0.2, 0.25) is 0 Å². The van der Waals surface area contributed by atoms with Crippen molar-refractivity contribution in [3.63, 3.8) is 0 Å². The van der Waals surface area contributed by atoms with Crippen molar-refractivity contribution in [1.29, 1.82) is 0 Å². The minimum absolute atomic E-state index is 0.101. The first-order chi connectivity index (χ1) is 10.1. The number of aryl methyl sites for hydroxylation is 2. The standard InChI is InChI=1S/C14H16N4O3/c1-9-10(14(20)21)4-5-11(18-9)13(19)17-6-2-3-12-15-7-8-16-12/h4-5,7-8H,2-3,6H2,1H3,(H,15,16)(H,17,19)(H,20,21). The molecule has 0 aliphatic heterocycles. The smallest absolute Gasteiger partial charge is 0.337 e. The maximum absolute atomic E-state index is 11.9. The molecule has 0 bridgehead atoms. The summed E-state index contributed by atoms with van der Waals surface area (Å²) < 4.78 is 0. The number of carbonyl (C=O) groups excluding carboxylic acids is 1. The molecule has 0 aromatic carbocycles. The van der Waals surface area contributed by atoms with Crippen molar-refractivity contribution in [1.82, 2.24) is 20.3 Å². The summed E-state index contributed by atoms with van der Waals surface area (Å²) in [7, 11) is 0. The van der Waals surface area contributed by atoms with Crippen molar-refractivity contribution < 1.29 is 14.7 Å². The van der Waals surface area contributed by atoms with Crippen LogP contribution in [0.25, 0.3) is 0 Å². The molecule has 7 nitrogen and oxygen atoms in total. The second kappa shape index (κ2) is 6.65. The van der Waals surface area contributed by atoms with Crippen LogP contribution in [0.1, 0.15) is 38.8 Å². The molecule has 0 aliphatic carbocycles. The summed E-state index contributed by atoms with van der Waals surface area (Å²) >= 11 is 0. The highest BCUT2D eigenvalue weighted by Gasteiger charge is 2.12. The second-order valence-electron chi connectivity index (χ2n) is 4.53. The summed E-state index contributed by atoms with van der Waals surface area (Å²) in [5.74, 6) is -0.482. The molecule has 21 heavy (non-hydrogen) atoms. The van der Waals surface area contributed by atoms with E-state index in [4.69, 9.17) is 5.11 Å². The quantitative estimate of drug-likeness (QED) is 0.692. The third-order valence-corrected chi connectivity index (χ3v) is 2.98. The number of aromatic nitrogens is 3. The van der Waals surface area contributed by atoms with E-state index in [-0.39, 0.29) is 17.2 Å². The fourth-order valence-corrected chi connectivity index (χ4v) is 1.90. The van der Waals surface area contributed by atoms with Gasteiger partial charge in [0.25, 0.3) is 5.91 Å². The molecule has 0 spiro atoms. The molecule has 0 atom stereocenters. The number of carboxylic acid groups (broad SMARTS) is 1. The van der Waals surface area contributed by atoms with Crippen LogP contribution >= 0.6 is 0 Å². The first-order valence-corrected chi connectivity index (χ1v) is 6.55. The van der Waals surface area contributed by atoms with E-state index in [0.717, 1.165) is 18.7 Å². The lowest BCUT2D eigenvalue weighted by atomic mass is 10.2. The highest BCUT2D eigenvalue weighted by Crippen LogP contribution is 2.07. The van der Waals surface area contributed by atoms with Gasteiger partial charge in [0.05, 0.1) is 11.3 Å². The van der Waals surface area contributed by atoms with E-state index in [1.807, 2.05) is 0 Å². The van der Waals surface area contributed by atoms with Crippen molar-refractivity contribution in [2.75, 3.05) is 6.54 Å². The van der Waals surface area contributed by atoms with E-state index >= 15 is 0 Å². The predicted octanol–water partition coefficient (Wildman–Crippen LogP) is 1.17. The number of rotatable bonds is 6. The lowest BCUT2D eigenvalue weighted by molar-refractivity contribution is 0.0694. The SMILES string of the molecule is Cc1nc(C(=O)NCCCc2ncc[nH]2)ccc1C(=O)O. The maximum Gasteiger partial charge on any atom is 0.337 e. The van der Waals surface area contributed by atoms with Gasteiger partial charge >= 0.3 is 5.97 Å². The van der Waals surface area contributed by atoms with Crippen molar-refractivity contribution in [3.8, 4) is 0 Å². The number of imidazole rings is 1. The number of carbonyl (C=O) groups is 2. The van der Waals surface area contributed by atoms with Crippen molar-refractivity contribution >= 4 is 11.9 Å². The molecule has 0 fully saturated rings. The molecule has 3 N–H and O–H groups in total. The van der Waals surface area contributed by atoms with E-state index in [1.165, 1.54) is 12.1 Å². The number of carboxylic acids is 1. The van der Waals surface area contributed by atoms with E-state index in [0.29, 0.717) is 12.2 Å². The van der Waals surface area contributed by atoms with E-state index in [9.17, 15) is 9.59 Å². The second-order valence-corrected chi connectivity index (χ2v) is 4.53. The highest BCUT2D eigenvalue weighted by molar-refractivity contribution is 5.94. The van der Waals surface area contributed by atoms with Gasteiger partial charge < -0.3 is 15.4 Å². The molecule has 0 aliphatic rings. The molecule has 2 aromatic heterocycles. The summed E-state index contributed by atoms with van der Waals surface area (Å²) in [5, 5.41) is 11.7. The number of amides is 1. The van der Waals surface area contributed by atoms with Crippen molar-refractivity contribution in [2.24, 2.45) is 0 Å². The van der Waals surface area contributed by atoms with Crippen LogP contribution in [-0.2, 0) is 6.42 Å². The molecule has 7 heteroatoms. The molecule has 110 valence electrons. The van der Waals surface area contributed by atoms with E-state index in [1.54, 1.807) is 19.3 Å². The third kappa shape index (κ3) is 3.88. The van der Waals surface area contributed by atoms with Gasteiger partial charge in [-0.05, 0) is 25.5 Å². The van der Waals surface area contributed by atoms with Crippen LogP contribution in [0.4, 0.5) is 0 Å². The normalized spacial score (nSPS) is 10.3. The molecule has 1 amide bonds. The topological polar surface area (TPSA) is 108 Å². The van der Waals surface area contributed by atoms with Crippen LogP contribution in [0.5, 0.6) is 0 Å². The zero-order valence-electron chi connectivity index (χ0n) is 11.6. The minimum Gasteiger partial charge on any atom is -0.478 e. The van der Waals surface area contributed by atoms with Gasteiger partial charge in [-0.1, -0.05) is 0 Å². The van der Waals surface area contributed by atoms with Gasteiger partial charge in [-0.15, -0.1) is 0 Å². The maximum atomic E-state index is 11.9. The van der Waals surface area contributed by atoms with E-state index in [2.05, 4.69) is 20.3 Å². The number of nitrogens with zero attached hydrogens (tertiary/aromatic N) is 2. The number of nitrogens with one attached hydrogen (secondary N) is 2. The first kappa shape index (κ1) is 14.7. The van der Waals surface area contributed by atoms with E-state index < -0.39 is 5.97 Å². The predicted molar refractivity (Wildman–Crippen MR) is 75.2 cm³/mol. The zero-order valence-corrected chi connectivity index (χ0v) is 11.6. The molecular formula is C14H16N4O3. The molecule has 2 aromatic rings. The van der Waals surface area contributed by atoms with Gasteiger partial charge in [-0.25, -0.2) is 14.8 Å². The molecule has 2 rings (SSSR count). The van der Waals surface area contributed by atoms with Crippen LogP contribution < -0.4 is 5.32 Å². The molecular weight excluding hydrogens is 272 g/mol. The number of aromatic carboxylic acids is 1. The summed E-state index contributed by atoms with van der Waals surface area (Å²) in [4.78, 5) is 33.9. The Labute approximate surface area is 121 Å². The van der Waals surface area contributed by atoms with Crippen molar-refractivity contribution in [3.05, 3.63) is 47.3 Å². The Bertz CT molecular complexity index is 638. The monoisotopic (exact) mass is 288 g/mol. The molecule has 0 saturated carbocycles.